The van der Waals surface area contributed by atoms with Gasteiger partial charge in [0.25, 0.3) is 0 Å². The first kappa shape index (κ1) is 15.2. The molecule has 1 spiro atoms. The standard InChI is InChI=1S/C19H26N2O2/c1-12(14-4-6-15(7-5-14)21-13(2)22)20-17-16-8-11-23-18(16)19(17)9-3-10-19/h4-7,12,16-18,20H,3,8-11H2,1-2H3,(H,21,22)/t12-,16+,17+,18-/m0/s1. The maximum absolute atomic E-state index is 11.1. The molecule has 4 rings (SSSR count). The van der Waals surface area contributed by atoms with Gasteiger partial charge in [-0.25, -0.2) is 0 Å². The zero-order valence-electron chi connectivity index (χ0n) is 14.0. The van der Waals surface area contributed by atoms with Gasteiger partial charge in [0, 0.05) is 42.6 Å². The molecule has 0 aromatic heterocycles. The van der Waals surface area contributed by atoms with E-state index in [2.05, 4.69) is 29.7 Å². The summed E-state index contributed by atoms with van der Waals surface area (Å²) in [5, 5.41) is 6.71. The molecule has 1 aromatic carbocycles. The summed E-state index contributed by atoms with van der Waals surface area (Å²) in [4.78, 5) is 11.1. The van der Waals surface area contributed by atoms with Gasteiger partial charge < -0.3 is 15.4 Å². The van der Waals surface area contributed by atoms with Crippen molar-refractivity contribution >= 4 is 11.6 Å². The van der Waals surface area contributed by atoms with Crippen LogP contribution in [0.2, 0.25) is 0 Å². The molecule has 0 bridgehead atoms. The van der Waals surface area contributed by atoms with E-state index < -0.39 is 0 Å². The molecule has 2 saturated carbocycles. The molecule has 4 heteroatoms. The summed E-state index contributed by atoms with van der Waals surface area (Å²) in [7, 11) is 0. The molecule has 1 heterocycles. The lowest BCUT2D eigenvalue weighted by molar-refractivity contribution is -0.178. The van der Waals surface area contributed by atoms with Crippen LogP contribution in [0.25, 0.3) is 0 Å². The second-order valence-electron chi connectivity index (χ2n) is 7.50. The van der Waals surface area contributed by atoms with Gasteiger partial charge in [0.05, 0.1) is 6.10 Å². The van der Waals surface area contributed by atoms with E-state index in [9.17, 15) is 4.79 Å². The Balaban J connectivity index is 1.43. The molecule has 1 aromatic rings. The van der Waals surface area contributed by atoms with Crippen molar-refractivity contribution in [2.24, 2.45) is 11.3 Å². The van der Waals surface area contributed by atoms with Gasteiger partial charge in [0.1, 0.15) is 0 Å². The quantitative estimate of drug-likeness (QED) is 0.897. The normalized spacial score (nSPS) is 31.8. The number of benzene rings is 1. The van der Waals surface area contributed by atoms with E-state index in [0.29, 0.717) is 29.5 Å². The molecule has 1 aliphatic heterocycles. The van der Waals surface area contributed by atoms with Crippen LogP contribution in [0, 0.1) is 11.3 Å². The highest BCUT2D eigenvalue weighted by Gasteiger charge is 2.66. The maximum Gasteiger partial charge on any atom is 0.221 e. The van der Waals surface area contributed by atoms with E-state index in [1.54, 1.807) is 0 Å². The van der Waals surface area contributed by atoms with Crippen LogP contribution in [0.4, 0.5) is 5.69 Å². The Hall–Kier alpha value is -1.39. The number of anilines is 1. The van der Waals surface area contributed by atoms with Crippen LogP contribution in [0.3, 0.4) is 0 Å². The van der Waals surface area contributed by atoms with Crippen molar-refractivity contribution < 1.29 is 9.53 Å². The van der Waals surface area contributed by atoms with Gasteiger partial charge in [-0.05, 0) is 43.9 Å². The van der Waals surface area contributed by atoms with Crippen LogP contribution in [-0.2, 0) is 9.53 Å². The van der Waals surface area contributed by atoms with Crippen molar-refractivity contribution in [3.8, 4) is 0 Å². The third kappa shape index (κ3) is 2.39. The Bertz CT molecular complexity index is 594. The molecule has 0 unspecified atom stereocenters. The number of carbonyl (C=O) groups excluding carboxylic acids is 1. The van der Waals surface area contributed by atoms with Crippen LogP contribution in [0.15, 0.2) is 24.3 Å². The van der Waals surface area contributed by atoms with Gasteiger partial charge in [-0.1, -0.05) is 18.6 Å². The molecule has 4 nitrogen and oxygen atoms in total. The molecule has 1 amide bonds. The fourth-order valence-corrected chi connectivity index (χ4v) is 4.92. The average Bonchev–Trinajstić information content (AvgIpc) is 2.88. The number of hydrogen-bond donors (Lipinski definition) is 2. The minimum atomic E-state index is -0.0300. The third-order valence-electron chi connectivity index (χ3n) is 6.20. The van der Waals surface area contributed by atoms with Crippen LogP contribution in [0.5, 0.6) is 0 Å². The van der Waals surface area contributed by atoms with E-state index >= 15 is 0 Å². The molecule has 124 valence electrons. The van der Waals surface area contributed by atoms with Crippen molar-refractivity contribution in [2.45, 2.75) is 57.7 Å². The van der Waals surface area contributed by atoms with Crippen molar-refractivity contribution in [3.05, 3.63) is 29.8 Å². The van der Waals surface area contributed by atoms with Crippen molar-refractivity contribution in [1.29, 1.82) is 0 Å². The summed E-state index contributed by atoms with van der Waals surface area (Å²) >= 11 is 0. The summed E-state index contributed by atoms with van der Waals surface area (Å²) in [6.07, 6.45) is 5.71. The first-order chi connectivity index (χ1) is 11.1. The molecular weight excluding hydrogens is 288 g/mol. The number of amides is 1. The number of carbonyl (C=O) groups is 1. The highest BCUT2D eigenvalue weighted by molar-refractivity contribution is 5.88. The lowest BCUT2D eigenvalue weighted by Gasteiger charge is -2.64. The van der Waals surface area contributed by atoms with Crippen LogP contribution in [-0.4, -0.2) is 24.7 Å². The lowest BCUT2D eigenvalue weighted by Crippen LogP contribution is -2.71. The van der Waals surface area contributed by atoms with Gasteiger partial charge in [-0.15, -0.1) is 0 Å². The first-order valence-electron chi connectivity index (χ1n) is 8.85. The van der Waals surface area contributed by atoms with E-state index in [4.69, 9.17) is 4.74 Å². The van der Waals surface area contributed by atoms with Gasteiger partial charge in [0.2, 0.25) is 5.91 Å². The molecule has 3 fully saturated rings. The highest BCUT2D eigenvalue weighted by atomic mass is 16.5. The molecule has 4 atom stereocenters. The number of nitrogens with one attached hydrogen (secondary N) is 2. The Kier molecular flexibility index (Phi) is 3.69. The van der Waals surface area contributed by atoms with Crippen LogP contribution >= 0.6 is 0 Å². The van der Waals surface area contributed by atoms with Gasteiger partial charge in [-0.2, -0.15) is 0 Å². The summed E-state index contributed by atoms with van der Waals surface area (Å²) in [5.41, 5.74) is 2.55. The minimum absolute atomic E-state index is 0.0300. The summed E-state index contributed by atoms with van der Waals surface area (Å²) in [6, 6.07) is 9.11. The predicted octanol–water partition coefficient (Wildman–Crippen LogP) is 3.25. The number of ether oxygens (including phenoxy) is 1. The van der Waals surface area contributed by atoms with Crippen molar-refractivity contribution in [2.75, 3.05) is 11.9 Å². The third-order valence-corrected chi connectivity index (χ3v) is 6.20. The van der Waals surface area contributed by atoms with Gasteiger partial charge >= 0.3 is 0 Å². The summed E-state index contributed by atoms with van der Waals surface area (Å²) in [5.74, 6) is 0.675. The number of fused-ring (bicyclic) bond motifs is 2. The zero-order valence-corrected chi connectivity index (χ0v) is 14.0. The SMILES string of the molecule is CC(=O)Nc1ccc([C@H](C)N[C@@H]2[C@H]3CCO[C@@H]3C23CCC3)cc1. The van der Waals surface area contributed by atoms with E-state index in [1.807, 2.05) is 12.1 Å². The molecule has 1 saturated heterocycles. The predicted molar refractivity (Wildman–Crippen MR) is 90.2 cm³/mol. The van der Waals surface area contributed by atoms with E-state index in [0.717, 1.165) is 12.3 Å². The smallest absolute Gasteiger partial charge is 0.221 e. The van der Waals surface area contributed by atoms with E-state index in [-0.39, 0.29) is 5.91 Å². The number of hydrogen-bond acceptors (Lipinski definition) is 3. The summed E-state index contributed by atoms with van der Waals surface area (Å²) in [6.45, 7) is 4.71. The first-order valence-corrected chi connectivity index (χ1v) is 8.85. The molecule has 3 aliphatic rings. The largest absolute Gasteiger partial charge is 0.377 e. The van der Waals surface area contributed by atoms with Gasteiger partial charge in [-0.3, -0.25) is 4.79 Å². The fraction of sp³-hybridized carbons (Fsp3) is 0.632. The Morgan fingerprint density at radius 2 is 2.04 bits per heavy atom. The Labute approximate surface area is 138 Å². The average molecular weight is 314 g/mol. The monoisotopic (exact) mass is 314 g/mol. The zero-order chi connectivity index (χ0) is 16.0. The molecule has 2 aliphatic carbocycles. The molecule has 23 heavy (non-hydrogen) atoms. The minimum Gasteiger partial charge on any atom is -0.377 e. The van der Waals surface area contributed by atoms with E-state index in [1.165, 1.54) is 38.2 Å². The summed E-state index contributed by atoms with van der Waals surface area (Å²) < 4.78 is 6.00. The maximum atomic E-state index is 11.1. The second kappa shape index (κ2) is 5.60. The van der Waals surface area contributed by atoms with Gasteiger partial charge in [0.15, 0.2) is 0 Å². The number of rotatable bonds is 4. The Morgan fingerprint density at radius 3 is 2.65 bits per heavy atom. The lowest BCUT2D eigenvalue weighted by atomic mass is 9.46. The molecule has 0 radical (unpaired) electrons. The van der Waals surface area contributed by atoms with Crippen molar-refractivity contribution in [1.82, 2.24) is 5.32 Å². The Morgan fingerprint density at radius 1 is 1.30 bits per heavy atom. The van der Waals surface area contributed by atoms with Crippen molar-refractivity contribution in [3.63, 3.8) is 0 Å². The molecular formula is C19H26N2O2. The highest BCUT2D eigenvalue weighted by Crippen LogP contribution is 2.63. The van der Waals surface area contributed by atoms with Crippen LogP contribution in [0.1, 0.15) is 51.1 Å². The van der Waals surface area contributed by atoms with Crippen LogP contribution < -0.4 is 10.6 Å². The topological polar surface area (TPSA) is 50.4 Å². The fourth-order valence-electron chi connectivity index (χ4n) is 4.92. The molecule has 2 N–H and O–H groups in total. The second-order valence-corrected chi connectivity index (χ2v) is 7.50.